The summed E-state index contributed by atoms with van der Waals surface area (Å²) >= 11 is 0. The minimum absolute atomic E-state index is 0. The molecule has 0 unspecified atom stereocenters. The Bertz CT molecular complexity index is 768. The number of non-ortho nitro benzene ring substituents is 1. The molecule has 1 aromatic carbocycles. The first-order valence-corrected chi connectivity index (χ1v) is 5.73. The summed E-state index contributed by atoms with van der Waals surface area (Å²) in [5.41, 5.74) is 2.38. The van der Waals surface area contributed by atoms with E-state index < -0.39 is 4.92 Å². The van der Waals surface area contributed by atoms with Crippen LogP contribution in [0.3, 0.4) is 0 Å². The normalized spacial score (nSPS) is 10.2. The highest BCUT2D eigenvalue weighted by atomic mass is 127. The Kier molecular flexibility index (Phi) is 3.98. The van der Waals surface area contributed by atoms with Crippen LogP contribution >= 0.6 is 0 Å². The van der Waals surface area contributed by atoms with Crippen LogP contribution in [0.1, 0.15) is 0 Å². The van der Waals surface area contributed by atoms with Gasteiger partial charge in [0.05, 0.1) is 16.0 Å². The number of nitrogens with one attached hydrogen (secondary N) is 1. The molecule has 0 spiro atoms. The maximum atomic E-state index is 10.7. The van der Waals surface area contributed by atoms with Gasteiger partial charge in [-0.15, -0.1) is 0 Å². The van der Waals surface area contributed by atoms with E-state index in [2.05, 4.69) is 9.97 Å². The first-order valence-electron chi connectivity index (χ1n) is 5.73. The van der Waals surface area contributed by atoms with Crippen LogP contribution in [0.4, 0.5) is 5.69 Å². The van der Waals surface area contributed by atoms with E-state index in [1.165, 1.54) is 12.1 Å². The van der Waals surface area contributed by atoms with Gasteiger partial charge >= 0.3 is 0 Å². The number of rotatable bonds is 2. The predicted molar refractivity (Wildman–Crippen MR) is 69.4 cm³/mol. The maximum absolute atomic E-state index is 10.7. The minimum atomic E-state index is -0.414. The number of imidazole rings is 1. The van der Waals surface area contributed by atoms with E-state index in [4.69, 9.17) is 0 Å². The number of hydrogen-bond donors (Lipinski definition) is 1. The summed E-state index contributed by atoms with van der Waals surface area (Å²) in [6.45, 7) is 0. The largest absolute Gasteiger partial charge is 1.00 e. The average molecular weight is 382 g/mol. The van der Waals surface area contributed by atoms with Gasteiger partial charge in [-0.3, -0.25) is 10.1 Å². The molecule has 0 atom stereocenters. The Labute approximate surface area is 131 Å². The fourth-order valence-corrected chi connectivity index (χ4v) is 1.91. The van der Waals surface area contributed by atoms with Crippen molar-refractivity contribution in [2.45, 2.75) is 0 Å². The summed E-state index contributed by atoms with van der Waals surface area (Å²) in [4.78, 5) is 17.8. The Morgan fingerprint density at radius 3 is 2.60 bits per heavy atom. The second kappa shape index (κ2) is 5.53. The molecule has 3 aromatic rings. The molecule has 0 aliphatic heterocycles. The Morgan fingerprint density at radius 2 is 1.95 bits per heavy atom. The van der Waals surface area contributed by atoms with Gasteiger partial charge in [0.2, 0.25) is 0 Å². The third-order valence-corrected chi connectivity index (χ3v) is 2.93. The van der Waals surface area contributed by atoms with Gasteiger partial charge in [-0.25, -0.2) is 9.55 Å². The quantitative estimate of drug-likeness (QED) is 0.267. The fourth-order valence-electron chi connectivity index (χ4n) is 1.91. The van der Waals surface area contributed by atoms with Gasteiger partial charge < -0.3 is 29.0 Å². The Balaban J connectivity index is 0.00000147. The molecule has 0 saturated carbocycles. The van der Waals surface area contributed by atoms with Crippen molar-refractivity contribution in [2.24, 2.45) is 7.05 Å². The van der Waals surface area contributed by atoms with E-state index in [1.807, 2.05) is 36.1 Å². The molecule has 0 fully saturated rings. The smallest absolute Gasteiger partial charge is 0.271 e. The highest BCUT2D eigenvalue weighted by Crippen LogP contribution is 2.23. The van der Waals surface area contributed by atoms with Crippen molar-refractivity contribution >= 4 is 16.7 Å². The first kappa shape index (κ1) is 14.4. The van der Waals surface area contributed by atoms with Crippen molar-refractivity contribution in [3.05, 3.63) is 52.8 Å². The number of fused-ring (bicyclic) bond motifs is 1. The first-order chi connectivity index (χ1) is 9.13. The van der Waals surface area contributed by atoms with E-state index in [1.54, 1.807) is 6.07 Å². The number of nitro benzene ring substituents is 1. The molecular formula is C13H11IN4O2. The Morgan fingerprint density at radius 1 is 1.25 bits per heavy atom. The van der Waals surface area contributed by atoms with Crippen LogP contribution in [-0.4, -0.2) is 14.9 Å². The van der Waals surface area contributed by atoms with Crippen molar-refractivity contribution in [3.63, 3.8) is 0 Å². The molecule has 2 heterocycles. The molecule has 0 aliphatic rings. The molecular weight excluding hydrogens is 371 g/mol. The number of H-pyrrole nitrogens is 1. The van der Waals surface area contributed by atoms with Crippen molar-refractivity contribution in [2.75, 3.05) is 0 Å². The zero-order chi connectivity index (χ0) is 13.4. The number of nitrogens with zero attached hydrogens (tertiary/aromatic N) is 3. The molecule has 0 radical (unpaired) electrons. The van der Waals surface area contributed by atoms with Crippen LogP contribution in [-0.2, 0) is 7.05 Å². The summed E-state index contributed by atoms with van der Waals surface area (Å²) in [6, 6.07) is 8.47. The lowest BCUT2D eigenvalue weighted by Gasteiger charge is -1.93. The molecule has 0 bridgehead atoms. The molecule has 7 heteroatoms. The number of pyridine rings is 1. The lowest BCUT2D eigenvalue weighted by molar-refractivity contribution is -0.671. The lowest BCUT2D eigenvalue weighted by atomic mass is 10.2. The Hall–Kier alpha value is -2.03. The number of aromatic amines is 1. The highest BCUT2D eigenvalue weighted by molar-refractivity contribution is 5.81. The zero-order valence-electron chi connectivity index (χ0n) is 10.6. The van der Waals surface area contributed by atoms with E-state index in [0.717, 1.165) is 5.56 Å². The molecule has 1 N–H and O–H groups in total. The molecule has 102 valence electrons. The number of benzene rings is 1. The van der Waals surface area contributed by atoms with Crippen LogP contribution < -0.4 is 28.5 Å². The topological polar surface area (TPSA) is 75.7 Å². The second-order valence-electron chi connectivity index (χ2n) is 4.30. The minimum Gasteiger partial charge on any atom is -1.00 e. The van der Waals surface area contributed by atoms with Crippen molar-refractivity contribution in [1.82, 2.24) is 9.97 Å². The average Bonchev–Trinajstić information content (AvgIpc) is 2.82. The molecule has 6 nitrogen and oxygen atoms in total. The standard InChI is InChI=1S/C13H10N4O2.HI/c1-16-6-4-9(5-7-16)13-14-11-3-2-10(17(18)19)8-12(11)15-13;/h2-8H,1H3;1H. The van der Waals surface area contributed by atoms with E-state index in [0.29, 0.717) is 16.9 Å². The number of aromatic nitrogens is 3. The fraction of sp³-hybridized carbons (Fsp3) is 0.0769. The summed E-state index contributed by atoms with van der Waals surface area (Å²) in [6.07, 6.45) is 3.84. The van der Waals surface area contributed by atoms with Gasteiger partial charge in [-0.1, -0.05) is 0 Å². The monoisotopic (exact) mass is 382 g/mol. The zero-order valence-corrected chi connectivity index (χ0v) is 12.7. The van der Waals surface area contributed by atoms with Crippen molar-refractivity contribution in [1.29, 1.82) is 0 Å². The molecule has 0 aliphatic carbocycles. The lowest BCUT2D eigenvalue weighted by Crippen LogP contribution is -3.00. The van der Waals surface area contributed by atoms with Crippen LogP contribution in [0.25, 0.3) is 22.4 Å². The number of hydrogen-bond acceptors (Lipinski definition) is 3. The third-order valence-electron chi connectivity index (χ3n) is 2.93. The van der Waals surface area contributed by atoms with Gasteiger partial charge in [0.15, 0.2) is 12.4 Å². The van der Waals surface area contributed by atoms with E-state index in [9.17, 15) is 10.1 Å². The van der Waals surface area contributed by atoms with Gasteiger partial charge in [0, 0.05) is 29.8 Å². The third kappa shape index (κ3) is 2.62. The molecule has 0 saturated heterocycles. The van der Waals surface area contributed by atoms with Gasteiger partial charge in [-0.2, -0.15) is 0 Å². The number of nitro groups is 1. The van der Waals surface area contributed by atoms with Crippen LogP contribution in [0.15, 0.2) is 42.7 Å². The highest BCUT2D eigenvalue weighted by Gasteiger charge is 2.11. The molecule has 20 heavy (non-hydrogen) atoms. The predicted octanol–water partition coefficient (Wildman–Crippen LogP) is -1.03. The second-order valence-corrected chi connectivity index (χ2v) is 4.30. The van der Waals surface area contributed by atoms with Crippen LogP contribution in [0.2, 0.25) is 0 Å². The summed E-state index contributed by atoms with van der Waals surface area (Å²) in [5.74, 6) is 0.705. The van der Waals surface area contributed by atoms with Crippen LogP contribution in [0.5, 0.6) is 0 Å². The van der Waals surface area contributed by atoms with Gasteiger partial charge in [0.25, 0.3) is 5.69 Å². The van der Waals surface area contributed by atoms with Gasteiger partial charge in [-0.05, 0) is 6.07 Å². The number of halogens is 1. The van der Waals surface area contributed by atoms with Crippen LogP contribution in [0, 0.1) is 10.1 Å². The number of aryl methyl sites for hydroxylation is 1. The summed E-state index contributed by atoms with van der Waals surface area (Å²) in [5, 5.41) is 10.7. The molecule has 0 amide bonds. The van der Waals surface area contributed by atoms with Crippen molar-refractivity contribution < 1.29 is 33.5 Å². The maximum Gasteiger partial charge on any atom is 0.271 e. The molecule has 2 aromatic heterocycles. The SMILES string of the molecule is C[n+]1ccc(-c2nc3ccc([N+](=O)[O-])cc3[nH]2)cc1.[I-]. The van der Waals surface area contributed by atoms with E-state index >= 15 is 0 Å². The van der Waals surface area contributed by atoms with Gasteiger partial charge in [0.1, 0.15) is 12.9 Å². The van der Waals surface area contributed by atoms with E-state index in [-0.39, 0.29) is 29.7 Å². The molecule has 3 rings (SSSR count). The summed E-state index contributed by atoms with van der Waals surface area (Å²) < 4.78 is 1.93. The summed E-state index contributed by atoms with van der Waals surface area (Å²) in [7, 11) is 1.94. The van der Waals surface area contributed by atoms with Crippen molar-refractivity contribution in [3.8, 4) is 11.4 Å².